The van der Waals surface area contributed by atoms with Gasteiger partial charge < -0.3 is 4.74 Å². The molecule has 0 N–H and O–H groups in total. The van der Waals surface area contributed by atoms with E-state index in [1.54, 1.807) is 0 Å². The van der Waals surface area contributed by atoms with Crippen LogP contribution in [0.2, 0.25) is 0 Å². The zero-order chi connectivity index (χ0) is 24.9. The number of hydrogen-bond acceptors (Lipinski definition) is 2. The van der Waals surface area contributed by atoms with Gasteiger partial charge in [-0.2, -0.15) is 9.47 Å². The first-order valence-electron chi connectivity index (χ1n) is 12.2. The summed E-state index contributed by atoms with van der Waals surface area (Å²) in [6.45, 7) is 4.50. The number of para-hydroxylation sites is 3. The summed E-state index contributed by atoms with van der Waals surface area (Å²) in [6, 6.07) is 33.5. The van der Waals surface area contributed by atoms with Crippen LogP contribution in [-0.2, 0) is 12.6 Å². The Hall–Kier alpha value is -4.38. The number of benzene rings is 4. The fourth-order valence-electron chi connectivity index (χ4n) is 4.98. The van der Waals surface area contributed by atoms with E-state index in [1.807, 2.05) is 24.3 Å². The molecule has 5 heteroatoms. The summed E-state index contributed by atoms with van der Waals surface area (Å²) in [5.41, 5.74) is 6.85. The summed E-state index contributed by atoms with van der Waals surface area (Å²) in [6.07, 6.45) is 4.27. The average molecular weight is 475 g/mol. The van der Waals surface area contributed by atoms with Gasteiger partial charge in [0.25, 0.3) is 0 Å². The molecule has 0 bridgehead atoms. The molecule has 0 radical (unpaired) electrons. The lowest BCUT2D eigenvalue weighted by Gasteiger charge is -2.33. The van der Waals surface area contributed by atoms with Crippen LogP contribution >= 0.6 is 0 Å². The van der Waals surface area contributed by atoms with Gasteiger partial charge in [-0.1, -0.05) is 42.5 Å². The van der Waals surface area contributed by atoms with E-state index in [-0.39, 0.29) is 5.54 Å². The van der Waals surface area contributed by atoms with Crippen LogP contribution in [0, 0.1) is 0 Å². The predicted octanol–water partition coefficient (Wildman–Crippen LogP) is 6.30. The Labute approximate surface area is 211 Å². The van der Waals surface area contributed by atoms with Crippen molar-refractivity contribution < 1.29 is 13.9 Å². The topological polar surface area (TPSA) is 24.3 Å². The van der Waals surface area contributed by atoms with Crippen LogP contribution in [0.4, 0.5) is 11.4 Å². The van der Waals surface area contributed by atoms with E-state index in [0.717, 1.165) is 28.4 Å². The van der Waals surface area contributed by atoms with Gasteiger partial charge in [-0.3, -0.25) is 4.58 Å². The van der Waals surface area contributed by atoms with E-state index in [0.29, 0.717) is 0 Å². The van der Waals surface area contributed by atoms with E-state index in [1.165, 1.54) is 16.8 Å². The Morgan fingerprint density at radius 2 is 1.39 bits per heavy atom. The Morgan fingerprint density at radius 3 is 2.19 bits per heavy atom. The van der Waals surface area contributed by atoms with E-state index in [4.69, 9.17) is 4.74 Å². The maximum Gasteiger partial charge on any atom is 0.249 e. The smallest absolute Gasteiger partial charge is 0.249 e. The molecule has 5 nitrogen and oxygen atoms in total. The first-order valence-corrected chi connectivity index (χ1v) is 12.2. The number of ether oxygens (including phenoxy) is 1. The molecule has 0 fully saturated rings. The molecule has 2 heterocycles. The van der Waals surface area contributed by atoms with Gasteiger partial charge in [-0.25, -0.2) is 4.57 Å². The van der Waals surface area contributed by atoms with Gasteiger partial charge >= 0.3 is 0 Å². The molecule has 6 rings (SSSR count). The molecule has 0 aliphatic carbocycles. The Bertz CT molecular complexity index is 1630. The minimum Gasteiger partial charge on any atom is -0.457 e. The molecule has 0 amide bonds. The fourth-order valence-corrected chi connectivity index (χ4v) is 4.98. The SMILES string of the molecule is C[N+]1=CN(c2cccc(Oc3cccc(-n4c[n+](C)c5ccccc54)c3)c2)c2ccccc2C1(C)C. The highest BCUT2D eigenvalue weighted by molar-refractivity contribution is 5.90. The van der Waals surface area contributed by atoms with Gasteiger partial charge in [0.1, 0.15) is 34.1 Å². The van der Waals surface area contributed by atoms with Gasteiger partial charge in [0.2, 0.25) is 12.7 Å². The largest absolute Gasteiger partial charge is 0.457 e. The van der Waals surface area contributed by atoms with Gasteiger partial charge in [0.15, 0.2) is 11.0 Å². The van der Waals surface area contributed by atoms with Crippen molar-refractivity contribution in [1.29, 1.82) is 0 Å². The van der Waals surface area contributed by atoms with Crippen molar-refractivity contribution in [3.05, 3.63) is 109 Å². The quantitative estimate of drug-likeness (QED) is 0.285. The minimum atomic E-state index is -0.0824. The van der Waals surface area contributed by atoms with E-state index >= 15 is 0 Å². The molecule has 178 valence electrons. The lowest BCUT2D eigenvalue weighted by Crippen LogP contribution is -2.41. The number of nitrogens with zero attached hydrogens (tertiary/aromatic N) is 4. The first kappa shape index (κ1) is 22.1. The molecule has 0 atom stereocenters. The Kier molecular flexibility index (Phi) is 5.15. The summed E-state index contributed by atoms with van der Waals surface area (Å²) in [7, 11) is 4.19. The molecular weight excluding hydrogens is 444 g/mol. The molecule has 1 aliphatic rings. The minimum absolute atomic E-state index is 0.0824. The maximum atomic E-state index is 6.37. The Morgan fingerprint density at radius 1 is 0.722 bits per heavy atom. The van der Waals surface area contributed by atoms with Crippen molar-refractivity contribution in [2.75, 3.05) is 11.9 Å². The molecular formula is C31H30N4O+2. The molecule has 5 aromatic rings. The van der Waals surface area contributed by atoms with Crippen molar-refractivity contribution in [3.63, 3.8) is 0 Å². The number of hydrogen-bond donors (Lipinski definition) is 0. The molecule has 4 aromatic carbocycles. The molecule has 0 saturated carbocycles. The molecule has 0 saturated heterocycles. The molecule has 1 aliphatic heterocycles. The number of imidazole rings is 1. The lowest BCUT2D eigenvalue weighted by molar-refractivity contribution is -0.645. The second-order valence-corrected chi connectivity index (χ2v) is 9.85. The van der Waals surface area contributed by atoms with Gasteiger partial charge in [-0.05, 0) is 56.3 Å². The van der Waals surface area contributed by atoms with Crippen LogP contribution < -0.4 is 14.2 Å². The summed E-state index contributed by atoms with van der Waals surface area (Å²) in [5.74, 6) is 1.59. The van der Waals surface area contributed by atoms with Crippen LogP contribution in [0.15, 0.2) is 103 Å². The number of rotatable bonds is 4. The number of anilines is 2. The second-order valence-electron chi connectivity index (χ2n) is 9.85. The molecule has 1 aromatic heterocycles. The van der Waals surface area contributed by atoms with Gasteiger partial charge in [-0.15, -0.1) is 0 Å². The van der Waals surface area contributed by atoms with E-state index in [2.05, 4.69) is 132 Å². The normalized spacial score (nSPS) is 14.4. The summed E-state index contributed by atoms with van der Waals surface area (Å²) in [4.78, 5) is 2.23. The third-order valence-corrected chi connectivity index (χ3v) is 7.23. The summed E-state index contributed by atoms with van der Waals surface area (Å²) < 4.78 is 13.0. The van der Waals surface area contributed by atoms with E-state index < -0.39 is 0 Å². The third kappa shape index (κ3) is 3.64. The zero-order valence-corrected chi connectivity index (χ0v) is 21.1. The number of aromatic nitrogens is 2. The maximum absolute atomic E-state index is 6.37. The van der Waals surface area contributed by atoms with Crippen molar-refractivity contribution in [3.8, 4) is 17.2 Å². The average Bonchev–Trinajstić information content (AvgIpc) is 3.23. The van der Waals surface area contributed by atoms with Gasteiger partial charge in [0, 0.05) is 17.7 Å². The highest BCUT2D eigenvalue weighted by Crippen LogP contribution is 2.39. The van der Waals surface area contributed by atoms with Gasteiger partial charge in [0.05, 0.1) is 14.1 Å². The lowest BCUT2D eigenvalue weighted by atomic mass is 9.90. The van der Waals surface area contributed by atoms with Crippen LogP contribution in [0.5, 0.6) is 11.5 Å². The van der Waals surface area contributed by atoms with Crippen LogP contribution in [-0.4, -0.2) is 22.5 Å². The molecule has 0 spiro atoms. The predicted molar refractivity (Wildman–Crippen MR) is 145 cm³/mol. The molecule has 0 unspecified atom stereocenters. The highest BCUT2D eigenvalue weighted by atomic mass is 16.5. The highest BCUT2D eigenvalue weighted by Gasteiger charge is 2.37. The summed E-state index contributed by atoms with van der Waals surface area (Å²) >= 11 is 0. The number of fused-ring (bicyclic) bond motifs is 2. The monoisotopic (exact) mass is 474 g/mol. The fraction of sp³-hybridized carbons (Fsp3) is 0.161. The van der Waals surface area contributed by atoms with E-state index in [9.17, 15) is 0 Å². The summed E-state index contributed by atoms with van der Waals surface area (Å²) in [5, 5.41) is 0. The van der Waals surface area contributed by atoms with Crippen molar-refractivity contribution in [2.24, 2.45) is 7.05 Å². The van der Waals surface area contributed by atoms with Crippen LogP contribution in [0.1, 0.15) is 19.4 Å². The van der Waals surface area contributed by atoms with Crippen molar-refractivity contribution >= 4 is 28.7 Å². The van der Waals surface area contributed by atoms with Crippen LogP contribution in [0.3, 0.4) is 0 Å². The van der Waals surface area contributed by atoms with Crippen molar-refractivity contribution in [1.82, 2.24) is 4.57 Å². The van der Waals surface area contributed by atoms with Crippen LogP contribution in [0.25, 0.3) is 16.7 Å². The van der Waals surface area contributed by atoms with Crippen molar-refractivity contribution in [2.45, 2.75) is 19.4 Å². The standard InChI is InChI=1S/C31H30N4O/c1-31(2)27-15-5-6-16-28(27)35(22-33(31)4)24-12-10-14-26(20-24)36-25-13-9-11-23(19-25)34-21-32(3)29-17-7-8-18-30(29)34/h5-22H,1-4H3/q+2. The molecule has 36 heavy (non-hydrogen) atoms. The third-order valence-electron chi connectivity index (χ3n) is 7.23. The number of aryl methyl sites for hydroxylation is 1. The Balaban J connectivity index is 1.34. The second kappa shape index (κ2) is 8.38. The zero-order valence-electron chi connectivity index (χ0n) is 21.1. The first-order chi connectivity index (χ1) is 17.4.